The Morgan fingerprint density at radius 2 is 2.21 bits per heavy atom. The van der Waals surface area contributed by atoms with Crippen LogP contribution in [0.3, 0.4) is 0 Å². The third-order valence-corrected chi connectivity index (χ3v) is 4.70. The number of carbonyl (C=O) groups is 1. The minimum atomic E-state index is -0.242. The number of thioether (sulfide) groups is 1. The Morgan fingerprint density at radius 3 is 2.84 bits per heavy atom. The summed E-state index contributed by atoms with van der Waals surface area (Å²) in [6.45, 7) is 2.03. The van der Waals surface area contributed by atoms with Gasteiger partial charge in [0, 0.05) is 24.0 Å². The van der Waals surface area contributed by atoms with Crippen LogP contribution in [0, 0.1) is 0 Å². The highest BCUT2D eigenvalue weighted by molar-refractivity contribution is 7.99. The second kappa shape index (κ2) is 5.84. The van der Waals surface area contributed by atoms with E-state index in [9.17, 15) is 4.79 Å². The Labute approximate surface area is 117 Å². The van der Waals surface area contributed by atoms with Gasteiger partial charge in [0.1, 0.15) is 6.61 Å². The maximum absolute atomic E-state index is 11.4. The SMILES string of the molecule is O=C1OCCN1c1ccc(CNC2CCSC2)cc1. The molecule has 0 bridgehead atoms. The van der Waals surface area contributed by atoms with E-state index >= 15 is 0 Å². The van der Waals surface area contributed by atoms with Crippen molar-refractivity contribution in [2.24, 2.45) is 0 Å². The summed E-state index contributed by atoms with van der Waals surface area (Å²) in [7, 11) is 0. The molecule has 2 aliphatic heterocycles. The predicted octanol–water partition coefficient (Wildman–Crippen LogP) is 2.24. The third-order valence-electron chi connectivity index (χ3n) is 3.53. The Balaban J connectivity index is 1.57. The first kappa shape index (κ1) is 12.8. The number of rotatable bonds is 4. The molecule has 2 heterocycles. The monoisotopic (exact) mass is 278 g/mol. The van der Waals surface area contributed by atoms with Crippen molar-refractivity contribution >= 4 is 23.5 Å². The zero-order valence-corrected chi connectivity index (χ0v) is 11.6. The lowest BCUT2D eigenvalue weighted by Crippen LogP contribution is -2.28. The molecule has 1 aromatic rings. The molecule has 0 aliphatic carbocycles. The molecule has 1 atom stereocenters. The van der Waals surface area contributed by atoms with Gasteiger partial charge in [0.2, 0.25) is 0 Å². The molecule has 2 saturated heterocycles. The number of carbonyl (C=O) groups excluding carboxylic acids is 1. The van der Waals surface area contributed by atoms with Crippen molar-refractivity contribution in [1.29, 1.82) is 0 Å². The normalized spacial score (nSPS) is 22.8. The van der Waals surface area contributed by atoms with Crippen LogP contribution in [0.2, 0.25) is 0 Å². The quantitative estimate of drug-likeness (QED) is 0.917. The summed E-state index contributed by atoms with van der Waals surface area (Å²) in [5, 5.41) is 3.57. The van der Waals surface area contributed by atoms with Crippen molar-refractivity contribution in [3.8, 4) is 0 Å². The highest BCUT2D eigenvalue weighted by Gasteiger charge is 2.23. The molecule has 5 heteroatoms. The van der Waals surface area contributed by atoms with E-state index in [0.717, 1.165) is 12.2 Å². The van der Waals surface area contributed by atoms with E-state index in [2.05, 4.69) is 17.4 Å². The number of cyclic esters (lactones) is 1. The molecular weight excluding hydrogens is 260 g/mol. The van der Waals surface area contributed by atoms with Gasteiger partial charge in [0.15, 0.2) is 0 Å². The van der Waals surface area contributed by atoms with Crippen LogP contribution in [-0.2, 0) is 11.3 Å². The van der Waals surface area contributed by atoms with E-state index in [1.807, 2.05) is 23.9 Å². The molecule has 3 rings (SSSR count). The van der Waals surface area contributed by atoms with Crippen LogP contribution >= 0.6 is 11.8 Å². The van der Waals surface area contributed by atoms with Crippen molar-refractivity contribution in [1.82, 2.24) is 5.32 Å². The van der Waals surface area contributed by atoms with Gasteiger partial charge in [0.05, 0.1) is 6.54 Å². The summed E-state index contributed by atoms with van der Waals surface area (Å²) in [4.78, 5) is 13.1. The first-order chi connectivity index (χ1) is 9.33. The smallest absolute Gasteiger partial charge is 0.414 e. The topological polar surface area (TPSA) is 41.6 Å². The van der Waals surface area contributed by atoms with Crippen LogP contribution in [-0.4, -0.2) is 36.8 Å². The first-order valence-corrected chi connectivity index (χ1v) is 7.83. The van der Waals surface area contributed by atoms with Gasteiger partial charge in [-0.05, 0) is 29.9 Å². The molecule has 19 heavy (non-hydrogen) atoms. The molecular formula is C14H18N2O2S. The average molecular weight is 278 g/mol. The summed E-state index contributed by atoms with van der Waals surface area (Å²) in [6.07, 6.45) is 1.02. The van der Waals surface area contributed by atoms with Crippen molar-refractivity contribution in [3.05, 3.63) is 29.8 Å². The fourth-order valence-electron chi connectivity index (χ4n) is 2.38. The number of hydrogen-bond donors (Lipinski definition) is 1. The van der Waals surface area contributed by atoms with Crippen LogP contribution in [0.25, 0.3) is 0 Å². The Hall–Kier alpha value is -1.20. The predicted molar refractivity (Wildman–Crippen MR) is 77.7 cm³/mol. The summed E-state index contributed by atoms with van der Waals surface area (Å²) in [5.74, 6) is 2.49. The summed E-state index contributed by atoms with van der Waals surface area (Å²) < 4.78 is 4.94. The highest BCUT2D eigenvalue weighted by atomic mass is 32.2. The number of amides is 1. The molecule has 1 N–H and O–H groups in total. The summed E-state index contributed by atoms with van der Waals surface area (Å²) in [6, 6.07) is 8.80. The van der Waals surface area contributed by atoms with Crippen LogP contribution in [0.1, 0.15) is 12.0 Å². The molecule has 2 fully saturated rings. The standard InChI is InChI=1S/C14H18N2O2S/c17-14-16(6-7-18-14)13-3-1-11(2-4-13)9-15-12-5-8-19-10-12/h1-4,12,15H,5-10H2. The van der Waals surface area contributed by atoms with E-state index in [4.69, 9.17) is 4.74 Å². The van der Waals surface area contributed by atoms with Crippen molar-refractivity contribution in [2.45, 2.75) is 19.0 Å². The number of nitrogens with zero attached hydrogens (tertiary/aromatic N) is 1. The molecule has 102 valence electrons. The largest absolute Gasteiger partial charge is 0.447 e. The van der Waals surface area contributed by atoms with Gasteiger partial charge in [-0.25, -0.2) is 4.79 Å². The highest BCUT2D eigenvalue weighted by Crippen LogP contribution is 2.20. The van der Waals surface area contributed by atoms with Gasteiger partial charge < -0.3 is 10.1 Å². The molecule has 0 aromatic heterocycles. The van der Waals surface area contributed by atoms with Gasteiger partial charge in [-0.3, -0.25) is 4.90 Å². The lowest BCUT2D eigenvalue weighted by molar-refractivity contribution is 0.181. The third kappa shape index (κ3) is 3.04. The number of ether oxygens (including phenoxy) is 1. The van der Waals surface area contributed by atoms with E-state index in [0.29, 0.717) is 19.2 Å². The first-order valence-electron chi connectivity index (χ1n) is 6.67. The summed E-state index contributed by atoms with van der Waals surface area (Å²) in [5.41, 5.74) is 2.18. The van der Waals surface area contributed by atoms with Crippen molar-refractivity contribution in [2.75, 3.05) is 29.6 Å². The second-order valence-electron chi connectivity index (χ2n) is 4.87. The fraction of sp³-hybridized carbons (Fsp3) is 0.500. The molecule has 1 aromatic carbocycles. The van der Waals surface area contributed by atoms with E-state index in [1.54, 1.807) is 4.90 Å². The van der Waals surface area contributed by atoms with Crippen molar-refractivity contribution < 1.29 is 9.53 Å². The lowest BCUT2D eigenvalue weighted by Gasteiger charge is -2.14. The van der Waals surface area contributed by atoms with E-state index in [-0.39, 0.29) is 6.09 Å². The molecule has 0 radical (unpaired) electrons. The minimum Gasteiger partial charge on any atom is -0.447 e. The van der Waals surface area contributed by atoms with Crippen LogP contribution in [0.5, 0.6) is 0 Å². The van der Waals surface area contributed by atoms with Crippen molar-refractivity contribution in [3.63, 3.8) is 0 Å². The molecule has 1 amide bonds. The molecule has 4 nitrogen and oxygen atoms in total. The Kier molecular flexibility index (Phi) is 3.94. The maximum atomic E-state index is 11.4. The van der Waals surface area contributed by atoms with Gasteiger partial charge in [-0.15, -0.1) is 0 Å². The number of anilines is 1. The van der Waals surface area contributed by atoms with E-state index in [1.165, 1.54) is 23.5 Å². The minimum absolute atomic E-state index is 0.242. The van der Waals surface area contributed by atoms with Gasteiger partial charge in [-0.1, -0.05) is 12.1 Å². The molecule has 0 spiro atoms. The van der Waals surface area contributed by atoms with E-state index < -0.39 is 0 Å². The van der Waals surface area contributed by atoms with Crippen LogP contribution in [0.4, 0.5) is 10.5 Å². The van der Waals surface area contributed by atoms with Crippen LogP contribution in [0.15, 0.2) is 24.3 Å². The molecule has 0 saturated carbocycles. The Morgan fingerprint density at radius 1 is 1.37 bits per heavy atom. The molecule has 1 unspecified atom stereocenters. The maximum Gasteiger partial charge on any atom is 0.414 e. The zero-order chi connectivity index (χ0) is 13.1. The second-order valence-corrected chi connectivity index (χ2v) is 6.02. The number of hydrogen-bond acceptors (Lipinski definition) is 4. The van der Waals surface area contributed by atoms with Crippen LogP contribution < -0.4 is 10.2 Å². The lowest BCUT2D eigenvalue weighted by atomic mass is 10.1. The Bertz CT molecular complexity index is 443. The van der Waals surface area contributed by atoms with Gasteiger partial charge in [-0.2, -0.15) is 11.8 Å². The van der Waals surface area contributed by atoms with Gasteiger partial charge in [0.25, 0.3) is 0 Å². The molecule has 2 aliphatic rings. The summed E-state index contributed by atoms with van der Waals surface area (Å²) >= 11 is 2.02. The number of benzene rings is 1. The number of nitrogens with one attached hydrogen (secondary N) is 1. The average Bonchev–Trinajstić information content (AvgIpc) is 3.08. The fourth-order valence-corrected chi connectivity index (χ4v) is 3.57. The zero-order valence-electron chi connectivity index (χ0n) is 10.8. The van der Waals surface area contributed by atoms with Gasteiger partial charge >= 0.3 is 6.09 Å².